The minimum atomic E-state index is 0.536. The number of benzene rings is 2. The number of ether oxygens (including phenoxy) is 1. The molecule has 3 aromatic rings. The largest absolute Gasteiger partial charge is 0.456 e. The van der Waals surface area contributed by atoms with Crippen molar-refractivity contribution in [2.24, 2.45) is 0 Å². The van der Waals surface area contributed by atoms with E-state index in [-0.39, 0.29) is 0 Å². The van der Waals surface area contributed by atoms with Crippen molar-refractivity contribution in [3.63, 3.8) is 0 Å². The van der Waals surface area contributed by atoms with E-state index in [0.29, 0.717) is 18.8 Å². The quantitative estimate of drug-likeness (QED) is 0.604. The Morgan fingerprint density at radius 1 is 1.00 bits per heavy atom. The second-order valence-electron chi connectivity index (χ2n) is 5.88. The van der Waals surface area contributed by atoms with Crippen molar-refractivity contribution in [1.82, 2.24) is 9.88 Å². The van der Waals surface area contributed by atoms with Crippen LogP contribution in [0.1, 0.15) is 16.7 Å². The van der Waals surface area contributed by atoms with E-state index in [9.17, 15) is 4.79 Å². The zero-order valence-corrected chi connectivity index (χ0v) is 14.1. The van der Waals surface area contributed by atoms with E-state index in [2.05, 4.69) is 4.98 Å². The molecule has 4 heteroatoms. The molecule has 0 atom stereocenters. The number of pyridine rings is 1. The first-order chi connectivity index (χ1) is 12.2. The van der Waals surface area contributed by atoms with Crippen LogP contribution < -0.4 is 4.74 Å². The summed E-state index contributed by atoms with van der Waals surface area (Å²) in [6.07, 6.45) is 4.27. The molecule has 0 N–H and O–H groups in total. The van der Waals surface area contributed by atoms with Crippen LogP contribution in [0.2, 0.25) is 0 Å². The van der Waals surface area contributed by atoms with Crippen LogP contribution in [-0.2, 0) is 17.9 Å². The lowest BCUT2D eigenvalue weighted by atomic mass is 10.1. The van der Waals surface area contributed by atoms with Gasteiger partial charge in [0.2, 0.25) is 6.41 Å². The third-order valence-corrected chi connectivity index (χ3v) is 3.94. The highest BCUT2D eigenvalue weighted by molar-refractivity contribution is 5.49. The molecule has 1 amide bonds. The van der Waals surface area contributed by atoms with Gasteiger partial charge in [0.25, 0.3) is 0 Å². The van der Waals surface area contributed by atoms with Crippen LogP contribution in [0.25, 0.3) is 0 Å². The maximum Gasteiger partial charge on any atom is 0.210 e. The first-order valence-corrected chi connectivity index (χ1v) is 8.15. The van der Waals surface area contributed by atoms with Crippen molar-refractivity contribution in [1.29, 1.82) is 0 Å². The number of nitrogens with zero attached hydrogens (tertiary/aromatic N) is 2. The monoisotopic (exact) mass is 332 g/mol. The molecule has 1 heterocycles. The minimum absolute atomic E-state index is 0.536. The molecule has 0 fully saturated rings. The number of rotatable bonds is 7. The highest BCUT2D eigenvalue weighted by Crippen LogP contribution is 2.24. The number of carbonyl (C=O) groups excluding carboxylic acids is 1. The van der Waals surface area contributed by atoms with Gasteiger partial charge in [0.05, 0.1) is 6.20 Å². The Labute approximate surface area is 147 Å². The van der Waals surface area contributed by atoms with Crippen LogP contribution in [-0.4, -0.2) is 16.3 Å². The molecule has 1 aromatic heterocycles. The number of hydrogen-bond acceptors (Lipinski definition) is 3. The van der Waals surface area contributed by atoms with Gasteiger partial charge in [0.15, 0.2) is 0 Å². The Bertz CT molecular complexity index is 820. The second kappa shape index (κ2) is 8.11. The molecule has 0 saturated heterocycles. The summed E-state index contributed by atoms with van der Waals surface area (Å²) in [5.74, 6) is 1.42. The third-order valence-electron chi connectivity index (χ3n) is 3.94. The molecule has 0 spiro atoms. The Morgan fingerprint density at radius 3 is 2.56 bits per heavy atom. The van der Waals surface area contributed by atoms with Gasteiger partial charge in [-0.25, -0.2) is 0 Å². The number of aryl methyl sites for hydroxylation is 1. The molecule has 2 aromatic carbocycles. The van der Waals surface area contributed by atoms with Crippen molar-refractivity contribution in [3.05, 3.63) is 89.7 Å². The van der Waals surface area contributed by atoms with Crippen LogP contribution in [0, 0.1) is 6.92 Å². The Hall–Kier alpha value is -3.14. The van der Waals surface area contributed by atoms with Crippen LogP contribution in [0.5, 0.6) is 11.5 Å². The average Bonchev–Trinajstić information content (AvgIpc) is 2.65. The van der Waals surface area contributed by atoms with Crippen molar-refractivity contribution in [2.75, 3.05) is 0 Å². The summed E-state index contributed by atoms with van der Waals surface area (Å²) >= 11 is 0. The highest BCUT2D eigenvalue weighted by atomic mass is 16.5. The van der Waals surface area contributed by atoms with Crippen molar-refractivity contribution < 1.29 is 9.53 Å². The first-order valence-electron chi connectivity index (χ1n) is 8.15. The molecule has 3 rings (SSSR count). The standard InChI is InChI=1S/C21H20N2O2/c1-17-9-10-20(25-21-8-5-11-22-13-21)12-19(17)15-23(16-24)14-18-6-3-2-4-7-18/h2-13,16H,14-15H2,1H3. The SMILES string of the molecule is Cc1ccc(Oc2cccnc2)cc1CN(C=O)Cc1ccccc1. The van der Waals surface area contributed by atoms with Crippen LogP contribution in [0.3, 0.4) is 0 Å². The van der Waals surface area contributed by atoms with Crippen molar-refractivity contribution in [2.45, 2.75) is 20.0 Å². The summed E-state index contributed by atoms with van der Waals surface area (Å²) in [5.41, 5.74) is 3.29. The van der Waals surface area contributed by atoms with Gasteiger partial charge in [-0.1, -0.05) is 36.4 Å². The Morgan fingerprint density at radius 2 is 1.84 bits per heavy atom. The van der Waals surface area contributed by atoms with Gasteiger partial charge >= 0.3 is 0 Å². The number of carbonyl (C=O) groups is 1. The van der Waals surface area contributed by atoms with Gasteiger partial charge in [-0.3, -0.25) is 9.78 Å². The van der Waals surface area contributed by atoms with E-state index in [1.54, 1.807) is 17.3 Å². The molecule has 25 heavy (non-hydrogen) atoms. The zero-order chi connectivity index (χ0) is 17.5. The van der Waals surface area contributed by atoms with Gasteiger partial charge < -0.3 is 9.64 Å². The average molecular weight is 332 g/mol. The summed E-state index contributed by atoms with van der Waals surface area (Å²) in [5, 5.41) is 0. The Balaban J connectivity index is 1.74. The van der Waals surface area contributed by atoms with Crippen molar-refractivity contribution >= 4 is 6.41 Å². The van der Waals surface area contributed by atoms with Crippen LogP contribution in [0.15, 0.2) is 73.1 Å². The van der Waals surface area contributed by atoms with E-state index < -0.39 is 0 Å². The molecule has 0 radical (unpaired) electrons. The lowest BCUT2D eigenvalue weighted by Crippen LogP contribution is -2.21. The van der Waals surface area contributed by atoms with Gasteiger partial charge in [-0.2, -0.15) is 0 Å². The summed E-state index contributed by atoms with van der Waals surface area (Å²) in [6.45, 7) is 3.15. The minimum Gasteiger partial charge on any atom is -0.456 e. The maximum atomic E-state index is 11.5. The summed E-state index contributed by atoms with van der Waals surface area (Å²) in [4.78, 5) is 17.3. The fourth-order valence-electron chi connectivity index (χ4n) is 2.59. The fraction of sp³-hybridized carbons (Fsp3) is 0.143. The third kappa shape index (κ3) is 4.67. The molecule has 0 saturated carbocycles. The number of hydrogen-bond donors (Lipinski definition) is 0. The zero-order valence-electron chi connectivity index (χ0n) is 14.1. The van der Waals surface area contributed by atoms with E-state index in [1.807, 2.05) is 67.6 Å². The Kier molecular flexibility index (Phi) is 5.42. The van der Waals surface area contributed by atoms with Crippen LogP contribution in [0.4, 0.5) is 0 Å². The summed E-state index contributed by atoms with van der Waals surface area (Å²) in [7, 11) is 0. The molecular weight excluding hydrogens is 312 g/mol. The molecule has 126 valence electrons. The topological polar surface area (TPSA) is 42.4 Å². The molecule has 0 unspecified atom stereocenters. The van der Waals surface area contributed by atoms with E-state index in [0.717, 1.165) is 28.8 Å². The van der Waals surface area contributed by atoms with Crippen LogP contribution >= 0.6 is 0 Å². The summed E-state index contributed by atoms with van der Waals surface area (Å²) < 4.78 is 5.84. The fourth-order valence-corrected chi connectivity index (χ4v) is 2.59. The normalized spacial score (nSPS) is 10.3. The van der Waals surface area contributed by atoms with Gasteiger partial charge in [-0.15, -0.1) is 0 Å². The molecule has 4 nitrogen and oxygen atoms in total. The molecule has 0 aliphatic carbocycles. The molecule has 0 aliphatic rings. The number of aromatic nitrogens is 1. The van der Waals surface area contributed by atoms with E-state index in [4.69, 9.17) is 4.74 Å². The molecule has 0 aliphatic heterocycles. The maximum absolute atomic E-state index is 11.5. The predicted octanol–water partition coefficient (Wildman–Crippen LogP) is 4.34. The predicted molar refractivity (Wildman–Crippen MR) is 97.2 cm³/mol. The summed E-state index contributed by atoms with van der Waals surface area (Å²) in [6, 6.07) is 19.6. The smallest absolute Gasteiger partial charge is 0.210 e. The lowest BCUT2D eigenvalue weighted by molar-refractivity contribution is -0.119. The molecular formula is C21H20N2O2. The van der Waals surface area contributed by atoms with Crippen molar-refractivity contribution in [3.8, 4) is 11.5 Å². The molecule has 0 bridgehead atoms. The van der Waals surface area contributed by atoms with Gasteiger partial charge in [-0.05, 0) is 47.9 Å². The van der Waals surface area contributed by atoms with E-state index in [1.165, 1.54) is 0 Å². The number of amides is 1. The van der Waals surface area contributed by atoms with E-state index >= 15 is 0 Å². The van der Waals surface area contributed by atoms with Gasteiger partial charge in [0.1, 0.15) is 11.5 Å². The second-order valence-corrected chi connectivity index (χ2v) is 5.88. The first kappa shape index (κ1) is 16.7. The highest BCUT2D eigenvalue weighted by Gasteiger charge is 2.08. The van der Waals surface area contributed by atoms with Gasteiger partial charge in [0, 0.05) is 19.3 Å². The lowest BCUT2D eigenvalue weighted by Gasteiger charge is -2.19.